The molecule has 2 aromatic rings. The van der Waals surface area contributed by atoms with Crippen LogP contribution in [0.5, 0.6) is 0 Å². The smallest absolute Gasteiger partial charge is 0.225 e. The van der Waals surface area contributed by atoms with Crippen LogP contribution in [-0.2, 0) is 4.79 Å². The standard InChI is InChI=1S/C16H14N6O/c1-2-13(23)21-15-10-7-9(8-17)14(18)22-16(10)20-12-6-4-3-5-11(12)19-15/h3-7H,2H2,1H3,(H3,18,20,22)(H,19,21,23). The van der Waals surface area contributed by atoms with E-state index in [2.05, 4.69) is 20.6 Å². The summed E-state index contributed by atoms with van der Waals surface area (Å²) in [7, 11) is 0. The minimum absolute atomic E-state index is 0.124. The summed E-state index contributed by atoms with van der Waals surface area (Å²) >= 11 is 0. The number of hydrogen-bond acceptors (Lipinski definition) is 6. The number of fused-ring (bicyclic) bond motifs is 2. The average molecular weight is 306 g/mol. The van der Waals surface area contributed by atoms with E-state index >= 15 is 0 Å². The van der Waals surface area contributed by atoms with Crippen molar-refractivity contribution in [3.05, 3.63) is 41.5 Å². The van der Waals surface area contributed by atoms with Gasteiger partial charge in [-0.05, 0) is 18.2 Å². The van der Waals surface area contributed by atoms with Crippen molar-refractivity contribution < 1.29 is 4.79 Å². The molecule has 1 aromatic heterocycles. The molecule has 0 atom stereocenters. The maximum Gasteiger partial charge on any atom is 0.225 e. The van der Waals surface area contributed by atoms with Gasteiger partial charge in [0.05, 0.1) is 22.5 Å². The summed E-state index contributed by atoms with van der Waals surface area (Å²) in [5, 5.41) is 15.1. The van der Waals surface area contributed by atoms with Crippen molar-refractivity contribution >= 4 is 34.8 Å². The third-order valence-electron chi connectivity index (χ3n) is 3.40. The van der Waals surface area contributed by atoms with Crippen LogP contribution in [0.1, 0.15) is 24.5 Å². The van der Waals surface area contributed by atoms with Crippen LogP contribution in [-0.4, -0.2) is 16.7 Å². The summed E-state index contributed by atoms with van der Waals surface area (Å²) in [5.41, 5.74) is 7.95. The van der Waals surface area contributed by atoms with Gasteiger partial charge in [0.1, 0.15) is 23.5 Å². The van der Waals surface area contributed by atoms with Gasteiger partial charge in [-0.1, -0.05) is 19.1 Å². The fourth-order valence-electron chi connectivity index (χ4n) is 2.19. The minimum atomic E-state index is -0.176. The Bertz CT molecular complexity index is 865. The molecule has 0 radical (unpaired) electrons. The Hall–Kier alpha value is -3.40. The SMILES string of the molecule is CCC(=O)NC1=Nc2ccccc2Nc2nc(N)c(C#N)cc21. The monoisotopic (exact) mass is 306 g/mol. The molecule has 0 bridgehead atoms. The molecule has 1 amide bonds. The van der Waals surface area contributed by atoms with Crippen molar-refractivity contribution in [1.29, 1.82) is 5.26 Å². The average Bonchev–Trinajstić information content (AvgIpc) is 2.70. The molecule has 0 unspecified atom stereocenters. The molecule has 1 aliphatic rings. The normalized spacial score (nSPS) is 11.9. The maximum atomic E-state index is 11.8. The van der Waals surface area contributed by atoms with Gasteiger partial charge in [0.2, 0.25) is 5.91 Å². The Kier molecular flexibility index (Phi) is 3.65. The number of pyridine rings is 1. The highest BCUT2D eigenvalue weighted by molar-refractivity contribution is 6.13. The summed E-state index contributed by atoms with van der Waals surface area (Å²) in [6.07, 6.45) is 0.316. The van der Waals surface area contributed by atoms with Gasteiger partial charge in [0, 0.05) is 6.42 Å². The predicted molar refractivity (Wildman–Crippen MR) is 87.7 cm³/mol. The van der Waals surface area contributed by atoms with Crippen molar-refractivity contribution in [1.82, 2.24) is 10.3 Å². The molecule has 0 saturated carbocycles. The van der Waals surface area contributed by atoms with Gasteiger partial charge in [-0.25, -0.2) is 9.98 Å². The molecular formula is C16H14N6O. The molecule has 1 aliphatic heterocycles. The Balaban J connectivity index is 2.22. The highest BCUT2D eigenvalue weighted by Crippen LogP contribution is 2.33. The van der Waals surface area contributed by atoms with E-state index in [4.69, 9.17) is 11.0 Å². The fourth-order valence-corrected chi connectivity index (χ4v) is 2.19. The van der Waals surface area contributed by atoms with E-state index in [1.165, 1.54) is 0 Å². The molecule has 114 valence electrons. The number of anilines is 3. The molecule has 0 spiro atoms. The molecule has 1 aromatic carbocycles. The molecule has 7 heteroatoms. The number of amidine groups is 1. The lowest BCUT2D eigenvalue weighted by molar-refractivity contribution is -0.119. The van der Waals surface area contributed by atoms with Crippen LogP contribution in [0, 0.1) is 11.3 Å². The van der Waals surface area contributed by atoms with Gasteiger partial charge >= 0.3 is 0 Å². The maximum absolute atomic E-state index is 11.8. The molecule has 0 fully saturated rings. The first-order valence-corrected chi connectivity index (χ1v) is 7.08. The minimum Gasteiger partial charge on any atom is -0.383 e. The number of rotatable bonds is 1. The summed E-state index contributed by atoms with van der Waals surface area (Å²) in [6.45, 7) is 1.75. The number of aliphatic imine (C=N–C) groups is 1. The first-order valence-electron chi connectivity index (χ1n) is 7.08. The Morgan fingerprint density at radius 1 is 1.43 bits per heavy atom. The van der Waals surface area contributed by atoms with Crippen molar-refractivity contribution in [2.24, 2.45) is 4.99 Å². The molecule has 0 saturated heterocycles. The lowest BCUT2D eigenvalue weighted by Gasteiger charge is -2.12. The van der Waals surface area contributed by atoms with E-state index in [-0.39, 0.29) is 17.3 Å². The van der Waals surface area contributed by atoms with Crippen LogP contribution in [0.4, 0.5) is 23.0 Å². The number of nitrogen functional groups attached to an aromatic ring is 1. The van der Waals surface area contributed by atoms with Crippen LogP contribution in [0.15, 0.2) is 35.3 Å². The van der Waals surface area contributed by atoms with Crippen LogP contribution < -0.4 is 16.4 Å². The van der Waals surface area contributed by atoms with Gasteiger partial charge in [-0.15, -0.1) is 0 Å². The Labute approximate surface area is 132 Å². The fraction of sp³-hybridized carbons (Fsp3) is 0.125. The molecular weight excluding hydrogens is 292 g/mol. The molecule has 0 aliphatic carbocycles. The third-order valence-corrected chi connectivity index (χ3v) is 3.40. The predicted octanol–water partition coefficient (Wildman–Crippen LogP) is 2.20. The van der Waals surface area contributed by atoms with Crippen molar-refractivity contribution in [2.45, 2.75) is 13.3 Å². The molecule has 23 heavy (non-hydrogen) atoms. The number of para-hydroxylation sites is 2. The number of nitrogens with zero attached hydrogens (tertiary/aromatic N) is 3. The third kappa shape index (κ3) is 2.70. The molecule has 7 nitrogen and oxygen atoms in total. The van der Waals surface area contributed by atoms with E-state index < -0.39 is 0 Å². The number of benzene rings is 1. The number of nitrogens with one attached hydrogen (secondary N) is 2. The van der Waals surface area contributed by atoms with Crippen molar-refractivity contribution in [3.63, 3.8) is 0 Å². The van der Waals surface area contributed by atoms with Crippen LogP contribution in [0.2, 0.25) is 0 Å². The molecule has 4 N–H and O–H groups in total. The second-order valence-corrected chi connectivity index (χ2v) is 4.93. The summed E-state index contributed by atoms with van der Waals surface area (Å²) in [5.74, 6) is 0.735. The topological polar surface area (TPSA) is 116 Å². The second kappa shape index (κ2) is 5.77. The zero-order chi connectivity index (χ0) is 16.4. The molecule has 3 rings (SSSR count). The highest BCUT2D eigenvalue weighted by Gasteiger charge is 2.20. The summed E-state index contributed by atoms with van der Waals surface area (Å²) < 4.78 is 0. The van der Waals surface area contributed by atoms with Crippen LogP contribution >= 0.6 is 0 Å². The van der Waals surface area contributed by atoms with Gasteiger partial charge in [-0.3, -0.25) is 4.79 Å². The van der Waals surface area contributed by atoms with E-state index in [9.17, 15) is 4.79 Å². The highest BCUT2D eigenvalue weighted by atomic mass is 16.1. The van der Waals surface area contributed by atoms with Crippen LogP contribution in [0.3, 0.4) is 0 Å². The lowest BCUT2D eigenvalue weighted by atomic mass is 10.1. The van der Waals surface area contributed by atoms with Gasteiger partial charge in [0.25, 0.3) is 0 Å². The summed E-state index contributed by atoms with van der Waals surface area (Å²) in [4.78, 5) is 20.6. The first kappa shape index (κ1) is 14.5. The largest absolute Gasteiger partial charge is 0.383 e. The Morgan fingerprint density at radius 3 is 2.96 bits per heavy atom. The van der Waals surface area contributed by atoms with E-state index in [0.717, 1.165) is 5.69 Å². The van der Waals surface area contributed by atoms with Crippen molar-refractivity contribution in [3.8, 4) is 6.07 Å². The number of carbonyl (C=O) groups is 1. The first-order chi connectivity index (χ1) is 11.1. The van der Waals surface area contributed by atoms with Gasteiger partial charge in [0.15, 0.2) is 0 Å². The number of amides is 1. The summed E-state index contributed by atoms with van der Waals surface area (Å²) in [6, 6.07) is 11.0. The number of aromatic nitrogens is 1. The molecule has 2 heterocycles. The second-order valence-electron chi connectivity index (χ2n) is 4.93. The zero-order valence-corrected chi connectivity index (χ0v) is 12.4. The number of carbonyl (C=O) groups excluding carboxylic acids is 1. The quantitative estimate of drug-likeness (QED) is 0.746. The zero-order valence-electron chi connectivity index (χ0n) is 12.4. The van der Waals surface area contributed by atoms with E-state index in [1.807, 2.05) is 30.3 Å². The van der Waals surface area contributed by atoms with Crippen LogP contribution in [0.25, 0.3) is 0 Å². The lowest BCUT2D eigenvalue weighted by Crippen LogP contribution is -2.31. The number of nitrogens with two attached hydrogens (primary N) is 1. The Morgan fingerprint density at radius 2 is 2.22 bits per heavy atom. The van der Waals surface area contributed by atoms with Gasteiger partial charge < -0.3 is 16.4 Å². The number of hydrogen-bond donors (Lipinski definition) is 3. The van der Waals surface area contributed by atoms with E-state index in [1.54, 1.807) is 13.0 Å². The van der Waals surface area contributed by atoms with Crippen molar-refractivity contribution in [2.75, 3.05) is 11.1 Å². The van der Waals surface area contributed by atoms with E-state index in [0.29, 0.717) is 29.3 Å². The number of nitriles is 1. The van der Waals surface area contributed by atoms with Gasteiger partial charge in [-0.2, -0.15) is 5.26 Å².